The lowest BCUT2D eigenvalue weighted by molar-refractivity contribution is 0.528. The molecule has 1 heterocycles. The molecule has 0 amide bonds. The third-order valence-electron chi connectivity index (χ3n) is 2.99. The van der Waals surface area contributed by atoms with Crippen LogP contribution in [0.4, 0.5) is 0 Å². The van der Waals surface area contributed by atoms with Crippen molar-refractivity contribution in [3.8, 4) is 0 Å². The van der Waals surface area contributed by atoms with Crippen molar-refractivity contribution in [2.75, 3.05) is 6.54 Å². The highest BCUT2D eigenvalue weighted by Crippen LogP contribution is 2.28. The van der Waals surface area contributed by atoms with Crippen molar-refractivity contribution < 1.29 is 0 Å². The van der Waals surface area contributed by atoms with E-state index in [1.54, 1.807) is 11.3 Å². The molecule has 0 aliphatic rings. The van der Waals surface area contributed by atoms with Crippen molar-refractivity contribution in [2.45, 2.75) is 25.8 Å². The molecular weight excluding hydrogens is 433 g/mol. The highest BCUT2D eigenvalue weighted by molar-refractivity contribution is 14.1. The number of hydrogen-bond acceptors (Lipinski definition) is 2. The predicted octanol–water partition coefficient (Wildman–Crippen LogP) is 5.40. The van der Waals surface area contributed by atoms with Gasteiger partial charge >= 0.3 is 0 Å². The fourth-order valence-corrected chi connectivity index (χ4v) is 3.76. The maximum atomic E-state index is 3.69. The van der Waals surface area contributed by atoms with E-state index in [9.17, 15) is 0 Å². The van der Waals surface area contributed by atoms with Gasteiger partial charge in [0.2, 0.25) is 0 Å². The van der Waals surface area contributed by atoms with E-state index in [0.717, 1.165) is 19.4 Å². The second-order valence-corrected chi connectivity index (χ2v) is 7.39. The second kappa shape index (κ2) is 7.76. The van der Waals surface area contributed by atoms with Gasteiger partial charge in [-0.2, -0.15) is 11.3 Å². The minimum Gasteiger partial charge on any atom is -0.310 e. The van der Waals surface area contributed by atoms with Gasteiger partial charge in [-0.15, -0.1) is 0 Å². The summed E-state index contributed by atoms with van der Waals surface area (Å²) in [5.74, 6) is 0. The van der Waals surface area contributed by atoms with Gasteiger partial charge in [0, 0.05) is 14.1 Å². The standard InChI is InChI=1S/C15H17BrINS/c1-2-6-18-15(8-11-5-7-19-10-11)13-9-12(17)3-4-14(13)16/h3-5,7,9-10,15,18H,2,6,8H2,1H3. The summed E-state index contributed by atoms with van der Waals surface area (Å²) in [6, 6.07) is 9.14. The molecule has 0 bridgehead atoms. The molecule has 4 heteroatoms. The van der Waals surface area contributed by atoms with Crippen LogP contribution in [0.25, 0.3) is 0 Å². The van der Waals surface area contributed by atoms with Crippen LogP contribution in [-0.2, 0) is 6.42 Å². The number of rotatable bonds is 6. The highest BCUT2D eigenvalue weighted by atomic mass is 127. The maximum Gasteiger partial charge on any atom is 0.0372 e. The van der Waals surface area contributed by atoms with E-state index >= 15 is 0 Å². The topological polar surface area (TPSA) is 12.0 Å². The molecule has 0 saturated carbocycles. The monoisotopic (exact) mass is 449 g/mol. The Kier molecular flexibility index (Phi) is 6.32. The number of hydrogen-bond donors (Lipinski definition) is 1. The molecule has 0 radical (unpaired) electrons. The van der Waals surface area contributed by atoms with E-state index in [0.29, 0.717) is 6.04 Å². The van der Waals surface area contributed by atoms with Crippen LogP contribution >= 0.6 is 49.9 Å². The summed E-state index contributed by atoms with van der Waals surface area (Å²) in [5, 5.41) is 8.05. The Morgan fingerprint density at radius 3 is 2.89 bits per heavy atom. The zero-order chi connectivity index (χ0) is 13.7. The van der Waals surface area contributed by atoms with Gasteiger partial charge in [-0.05, 0) is 88.1 Å². The molecule has 0 aliphatic heterocycles. The van der Waals surface area contributed by atoms with Gasteiger partial charge < -0.3 is 5.32 Å². The number of nitrogens with one attached hydrogen (secondary N) is 1. The van der Waals surface area contributed by atoms with Crippen molar-refractivity contribution in [3.63, 3.8) is 0 Å². The molecule has 1 aromatic heterocycles. The summed E-state index contributed by atoms with van der Waals surface area (Å²) in [6.45, 7) is 3.26. The van der Waals surface area contributed by atoms with Crippen LogP contribution in [0, 0.1) is 3.57 Å². The molecule has 0 fully saturated rings. The lowest BCUT2D eigenvalue weighted by Gasteiger charge is -2.20. The fourth-order valence-electron chi connectivity index (χ4n) is 2.04. The molecule has 2 rings (SSSR count). The first kappa shape index (κ1) is 15.5. The number of halogens is 2. The third-order valence-corrected chi connectivity index (χ3v) is 5.12. The van der Waals surface area contributed by atoms with Gasteiger partial charge in [0.25, 0.3) is 0 Å². The van der Waals surface area contributed by atoms with Crippen molar-refractivity contribution in [1.29, 1.82) is 0 Å². The first-order valence-corrected chi connectivity index (χ1v) is 9.21. The van der Waals surface area contributed by atoms with Gasteiger partial charge in [-0.1, -0.05) is 22.9 Å². The molecular formula is C15H17BrINS. The average molecular weight is 450 g/mol. The smallest absolute Gasteiger partial charge is 0.0372 e. The van der Waals surface area contributed by atoms with Crippen LogP contribution in [0.2, 0.25) is 0 Å². The Labute approximate surface area is 141 Å². The molecule has 1 aromatic carbocycles. The van der Waals surface area contributed by atoms with Gasteiger partial charge in [-0.25, -0.2) is 0 Å². The summed E-state index contributed by atoms with van der Waals surface area (Å²) in [6.07, 6.45) is 2.20. The van der Waals surface area contributed by atoms with Crippen molar-refractivity contribution in [2.24, 2.45) is 0 Å². The molecule has 0 spiro atoms. The van der Waals surface area contributed by atoms with E-state index in [4.69, 9.17) is 0 Å². The molecule has 2 aromatic rings. The molecule has 1 N–H and O–H groups in total. The van der Waals surface area contributed by atoms with Crippen molar-refractivity contribution in [1.82, 2.24) is 5.32 Å². The van der Waals surface area contributed by atoms with Crippen LogP contribution in [-0.4, -0.2) is 6.54 Å². The van der Waals surface area contributed by atoms with Crippen LogP contribution in [0.5, 0.6) is 0 Å². The molecule has 1 nitrogen and oxygen atoms in total. The van der Waals surface area contributed by atoms with E-state index in [-0.39, 0.29) is 0 Å². The maximum absolute atomic E-state index is 3.69. The highest BCUT2D eigenvalue weighted by Gasteiger charge is 2.15. The van der Waals surface area contributed by atoms with Crippen LogP contribution in [0.1, 0.15) is 30.5 Å². The van der Waals surface area contributed by atoms with Gasteiger partial charge in [0.15, 0.2) is 0 Å². The molecule has 0 saturated heterocycles. The zero-order valence-electron chi connectivity index (χ0n) is 10.8. The summed E-state index contributed by atoms with van der Waals surface area (Å²) >= 11 is 7.83. The quantitative estimate of drug-likeness (QED) is 0.582. The fraction of sp³-hybridized carbons (Fsp3) is 0.333. The lowest BCUT2D eigenvalue weighted by Crippen LogP contribution is -2.24. The molecule has 1 atom stereocenters. The second-order valence-electron chi connectivity index (χ2n) is 4.51. The minimum atomic E-state index is 0.374. The summed E-state index contributed by atoms with van der Waals surface area (Å²) in [5.41, 5.74) is 2.76. The Morgan fingerprint density at radius 2 is 2.21 bits per heavy atom. The van der Waals surface area contributed by atoms with E-state index < -0.39 is 0 Å². The predicted molar refractivity (Wildman–Crippen MR) is 95.9 cm³/mol. The van der Waals surface area contributed by atoms with Crippen LogP contribution in [0.15, 0.2) is 39.5 Å². The minimum absolute atomic E-state index is 0.374. The number of benzene rings is 1. The van der Waals surface area contributed by atoms with E-state index in [1.807, 2.05) is 0 Å². The first-order chi connectivity index (χ1) is 9.20. The van der Waals surface area contributed by atoms with E-state index in [1.165, 1.54) is 19.2 Å². The third kappa shape index (κ3) is 4.55. The normalized spacial score (nSPS) is 12.6. The average Bonchev–Trinajstić information content (AvgIpc) is 2.90. The summed E-state index contributed by atoms with van der Waals surface area (Å²) in [7, 11) is 0. The van der Waals surface area contributed by atoms with Gasteiger partial charge in [-0.3, -0.25) is 0 Å². The molecule has 0 aliphatic carbocycles. The van der Waals surface area contributed by atoms with Crippen LogP contribution in [0.3, 0.4) is 0 Å². The summed E-state index contributed by atoms with van der Waals surface area (Å²) < 4.78 is 2.47. The van der Waals surface area contributed by atoms with Crippen molar-refractivity contribution in [3.05, 3.63) is 54.2 Å². The van der Waals surface area contributed by atoms with Gasteiger partial charge in [0.05, 0.1) is 0 Å². The number of thiophene rings is 1. The van der Waals surface area contributed by atoms with Crippen molar-refractivity contribution >= 4 is 49.9 Å². The zero-order valence-corrected chi connectivity index (χ0v) is 15.4. The van der Waals surface area contributed by atoms with Crippen LogP contribution < -0.4 is 5.32 Å². The lowest BCUT2D eigenvalue weighted by atomic mass is 10.0. The Morgan fingerprint density at radius 1 is 1.37 bits per heavy atom. The molecule has 1 unspecified atom stereocenters. The molecule has 102 valence electrons. The Bertz CT molecular complexity index is 513. The van der Waals surface area contributed by atoms with Gasteiger partial charge in [0.1, 0.15) is 0 Å². The SMILES string of the molecule is CCCNC(Cc1ccsc1)c1cc(I)ccc1Br. The Hall–Kier alpha value is 0.0900. The molecule has 19 heavy (non-hydrogen) atoms. The summed E-state index contributed by atoms with van der Waals surface area (Å²) in [4.78, 5) is 0. The largest absolute Gasteiger partial charge is 0.310 e. The first-order valence-electron chi connectivity index (χ1n) is 6.40. The van der Waals surface area contributed by atoms with E-state index in [2.05, 4.69) is 85.8 Å². The Balaban J connectivity index is 2.23.